The summed E-state index contributed by atoms with van der Waals surface area (Å²) in [6, 6.07) is 3.34. The van der Waals surface area contributed by atoms with Crippen molar-refractivity contribution in [1.82, 2.24) is 4.98 Å². The summed E-state index contributed by atoms with van der Waals surface area (Å²) in [6.45, 7) is 2.85. The molecular weight excluding hydrogens is 288 g/mol. The lowest BCUT2D eigenvalue weighted by atomic mass is 10.1. The number of aliphatic carboxylic acids is 1. The zero-order valence-corrected chi connectivity index (χ0v) is 10.9. The number of carboxylic acids is 1. The molecule has 0 aliphatic heterocycles. The summed E-state index contributed by atoms with van der Waals surface area (Å²) in [5, 5.41) is 11.3. The smallest absolute Gasteiger partial charge is 0.331 e. The van der Waals surface area contributed by atoms with Gasteiger partial charge < -0.3 is 10.4 Å². The lowest BCUT2D eigenvalue weighted by molar-refractivity contribution is -0.133. The second kappa shape index (κ2) is 5.58. The molecule has 0 aliphatic rings. The highest BCUT2D eigenvalue weighted by atomic mass is 79.9. The van der Waals surface area contributed by atoms with Crippen LogP contribution in [0.25, 0.3) is 0 Å². The van der Waals surface area contributed by atoms with Crippen LogP contribution < -0.4 is 5.32 Å². The zero-order valence-electron chi connectivity index (χ0n) is 9.32. The van der Waals surface area contributed by atoms with Gasteiger partial charge in [-0.1, -0.05) is 0 Å². The van der Waals surface area contributed by atoms with Crippen LogP contribution in [0.2, 0.25) is 0 Å². The summed E-state index contributed by atoms with van der Waals surface area (Å²) in [5.74, 6) is -1.57. The summed E-state index contributed by atoms with van der Waals surface area (Å²) >= 11 is 3.18. The SMILES string of the molecule is C/C(C(=O)O)=C(/C)C(=O)Nc1cccnc1Br. The van der Waals surface area contributed by atoms with Gasteiger partial charge in [0.2, 0.25) is 0 Å². The van der Waals surface area contributed by atoms with Gasteiger partial charge >= 0.3 is 5.97 Å². The Morgan fingerprint density at radius 1 is 1.35 bits per heavy atom. The maximum atomic E-state index is 11.7. The summed E-state index contributed by atoms with van der Waals surface area (Å²) in [4.78, 5) is 26.4. The fourth-order valence-corrected chi connectivity index (χ4v) is 1.38. The van der Waals surface area contributed by atoms with Gasteiger partial charge in [0.05, 0.1) is 5.69 Å². The minimum Gasteiger partial charge on any atom is -0.478 e. The molecule has 1 rings (SSSR count). The van der Waals surface area contributed by atoms with Crippen molar-refractivity contribution in [2.24, 2.45) is 0 Å². The molecule has 0 saturated carbocycles. The maximum Gasteiger partial charge on any atom is 0.331 e. The second-order valence-electron chi connectivity index (χ2n) is 3.35. The van der Waals surface area contributed by atoms with Crippen molar-refractivity contribution < 1.29 is 14.7 Å². The Kier molecular flexibility index (Phi) is 4.39. The first-order valence-electron chi connectivity index (χ1n) is 4.76. The van der Waals surface area contributed by atoms with Crippen molar-refractivity contribution in [2.45, 2.75) is 13.8 Å². The molecule has 1 amide bonds. The van der Waals surface area contributed by atoms with E-state index in [1.807, 2.05) is 0 Å². The third-order valence-corrected chi connectivity index (χ3v) is 2.86. The van der Waals surface area contributed by atoms with E-state index in [0.29, 0.717) is 10.3 Å². The lowest BCUT2D eigenvalue weighted by Crippen LogP contribution is -2.16. The van der Waals surface area contributed by atoms with E-state index in [-0.39, 0.29) is 11.1 Å². The van der Waals surface area contributed by atoms with Crippen molar-refractivity contribution >= 4 is 33.5 Å². The number of aromatic nitrogens is 1. The molecule has 90 valence electrons. The van der Waals surface area contributed by atoms with Gasteiger partial charge in [-0.15, -0.1) is 0 Å². The number of halogens is 1. The monoisotopic (exact) mass is 298 g/mol. The predicted octanol–water partition coefficient (Wildman–Crippen LogP) is 2.20. The average Bonchev–Trinajstić information content (AvgIpc) is 2.30. The first-order chi connectivity index (χ1) is 7.93. The summed E-state index contributed by atoms with van der Waals surface area (Å²) < 4.78 is 0.495. The molecule has 0 spiro atoms. The molecule has 1 aromatic heterocycles. The third kappa shape index (κ3) is 3.39. The van der Waals surface area contributed by atoms with Crippen LogP contribution >= 0.6 is 15.9 Å². The molecule has 0 unspecified atom stereocenters. The number of pyridine rings is 1. The Balaban J connectivity index is 2.91. The first-order valence-corrected chi connectivity index (χ1v) is 5.55. The molecule has 0 aromatic carbocycles. The van der Waals surface area contributed by atoms with Crippen LogP contribution in [0.4, 0.5) is 5.69 Å². The van der Waals surface area contributed by atoms with Crippen molar-refractivity contribution in [2.75, 3.05) is 5.32 Å². The van der Waals surface area contributed by atoms with Gasteiger partial charge in [-0.05, 0) is 41.9 Å². The number of hydrogen-bond acceptors (Lipinski definition) is 3. The highest BCUT2D eigenvalue weighted by molar-refractivity contribution is 9.10. The van der Waals surface area contributed by atoms with Crippen LogP contribution in [0.5, 0.6) is 0 Å². The molecule has 17 heavy (non-hydrogen) atoms. The van der Waals surface area contributed by atoms with Gasteiger partial charge in [-0.25, -0.2) is 9.78 Å². The molecule has 1 aromatic rings. The van der Waals surface area contributed by atoms with Crippen LogP contribution in [0.3, 0.4) is 0 Å². The normalized spacial score (nSPS) is 11.7. The van der Waals surface area contributed by atoms with E-state index in [4.69, 9.17) is 5.11 Å². The summed E-state index contributed by atoms with van der Waals surface area (Å²) in [5.41, 5.74) is 0.672. The van der Waals surface area contributed by atoms with E-state index in [9.17, 15) is 9.59 Å². The topological polar surface area (TPSA) is 79.3 Å². The Labute approximate surface area is 107 Å². The van der Waals surface area contributed by atoms with E-state index < -0.39 is 11.9 Å². The quantitative estimate of drug-likeness (QED) is 0.662. The van der Waals surface area contributed by atoms with Crippen LogP contribution in [-0.2, 0) is 9.59 Å². The molecule has 0 radical (unpaired) electrons. The molecule has 0 aliphatic carbocycles. The Bertz CT molecular complexity index is 497. The van der Waals surface area contributed by atoms with E-state index in [2.05, 4.69) is 26.2 Å². The molecule has 5 nitrogen and oxygen atoms in total. The van der Waals surface area contributed by atoms with Gasteiger partial charge in [0.15, 0.2) is 0 Å². The van der Waals surface area contributed by atoms with Crippen molar-refractivity contribution in [1.29, 1.82) is 0 Å². The average molecular weight is 299 g/mol. The first kappa shape index (κ1) is 13.4. The Morgan fingerprint density at radius 2 is 2.00 bits per heavy atom. The molecule has 0 saturated heterocycles. The molecule has 0 bridgehead atoms. The predicted molar refractivity (Wildman–Crippen MR) is 66.6 cm³/mol. The summed E-state index contributed by atoms with van der Waals surface area (Å²) in [6.07, 6.45) is 1.57. The number of amides is 1. The minimum atomic E-state index is -1.11. The number of anilines is 1. The van der Waals surface area contributed by atoms with Gasteiger partial charge in [0, 0.05) is 17.3 Å². The number of rotatable bonds is 3. The highest BCUT2D eigenvalue weighted by Gasteiger charge is 2.13. The van der Waals surface area contributed by atoms with E-state index in [0.717, 1.165) is 0 Å². The largest absolute Gasteiger partial charge is 0.478 e. The van der Waals surface area contributed by atoms with E-state index in [1.165, 1.54) is 13.8 Å². The minimum absolute atomic E-state index is 0.0162. The van der Waals surface area contributed by atoms with Crippen LogP contribution in [0.15, 0.2) is 34.1 Å². The van der Waals surface area contributed by atoms with Crippen LogP contribution in [0.1, 0.15) is 13.8 Å². The van der Waals surface area contributed by atoms with Crippen LogP contribution in [0, 0.1) is 0 Å². The second-order valence-corrected chi connectivity index (χ2v) is 4.10. The molecule has 0 atom stereocenters. The maximum absolute atomic E-state index is 11.7. The number of carbonyl (C=O) groups is 2. The van der Waals surface area contributed by atoms with Gasteiger partial charge in [-0.2, -0.15) is 0 Å². The third-order valence-electron chi connectivity index (χ3n) is 2.23. The molecule has 2 N–H and O–H groups in total. The van der Waals surface area contributed by atoms with Gasteiger partial charge in [-0.3, -0.25) is 4.79 Å². The highest BCUT2D eigenvalue weighted by Crippen LogP contribution is 2.19. The van der Waals surface area contributed by atoms with E-state index >= 15 is 0 Å². The van der Waals surface area contributed by atoms with E-state index in [1.54, 1.807) is 18.3 Å². The molecule has 6 heteroatoms. The number of hydrogen-bond donors (Lipinski definition) is 2. The Hall–Kier alpha value is -1.69. The number of nitrogens with zero attached hydrogens (tertiary/aromatic N) is 1. The number of carbonyl (C=O) groups excluding carboxylic acids is 1. The van der Waals surface area contributed by atoms with Crippen molar-refractivity contribution in [3.63, 3.8) is 0 Å². The van der Waals surface area contributed by atoms with Crippen molar-refractivity contribution in [3.05, 3.63) is 34.1 Å². The van der Waals surface area contributed by atoms with Crippen molar-refractivity contribution in [3.8, 4) is 0 Å². The lowest BCUT2D eigenvalue weighted by Gasteiger charge is -2.07. The molecular formula is C11H11BrN2O3. The Morgan fingerprint density at radius 3 is 2.53 bits per heavy atom. The number of carboxylic acid groups (broad SMARTS) is 1. The van der Waals surface area contributed by atoms with Crippen LogP contribution in [-0.4, -0.2) is 22.0 Å². The fraction of sp³-hybridized carbons (Fsp3) is 0.182. The molecule has 1 heterocycles. The standard InChI is InChI=1S/C11H11BrN2O3/c1-6(7(2)11(16)17)10(15)14-8-4-3-5-13-9(8)12/h3-5H,1-2H3,(H,14,15)(H,16,17)/b7-6+. The van der Waals surface area contributed by atoms with Gasteiger partial charge in [0.1, 0.15) is 4.60 Å². The van der Waals surface area contributed by atoms with Gasteiger partial charge in [0.25, 0.3) is 5.91 Å². The zero-order chi connectivity index (χ0) is 13.0. The molecule has 0 fully saturated rings. The summed E-state index contributed by atoms with van der Waals surface area (Å²) in [7, 11) is 0. The fourth-order valence-electron chi connectivity index (χ4n) is 1.03. The number of nitrogens with one attached hydrogen (secondary N) is 1.